The minimum absolute atomic E-state index is 0.793. The first-order valence-corrected chi connectivity index (χ1v) is 3.94. The quantitative estimate of drug-likeness (QED) is 0.603. The van der Waals surface area contributed by atoms with Crippen molar-refractivity contribution < 1.29 is 4.42 Å². The topological polar surface area (TPSA) is 39.2 Å². The van der Waals surface area contributed by atoms with Crippen LogP contribution in [0.4, 0.5) is 5.69 Å². The second kappa shape index (κ2) is 2.27. The fourth-order valence-corrected chi connectivity index (χ4v) is 1.45. The fraction of sp³-hybridized carbons (Fsp3) is 0.200. The lowest BCUT2D eigenvalue weighted by molar-refractivity contribution is 0.575. The van der Waals surface area contributed by atoms with Gasteiger partial charge in [-0.3, -0.25) is 0 Å². The molecule has 0 amide bonds. The Hall–Kier alpha value is -1.44. The van der Waals surface area contributed by atoms with Crippen molar-refractivity contribution in [1.29, 1.82) is 0 Å². The molecule has 1 heterocycles. The minimum atomic E-state index is 0.793. The van der Waals surface area contributed by atoms with Crippen LogP contribution in [0.2, 0.25) is 0 Å². The van der Waals surface area contributed by atoms with Gasteiger partial charge >= 0.3 is 0 Å². The number of anilines is 1. The van der Waals surface area contributed by atoms with Gasteiger partial charge in [0.15, 0.2) is 0 Å². The van der Waals surface area contributed by atoms with E-state index in [1.807, 2.05) is 32.0 Å². The van der Waals surface area contributed by atoms with E-state index in [4.69, 9.17) is 10.2 Å². The second-order valence-corrected chi connectivity index (χ2v) is 3.00. The molecule has 2 aromatic rings. The number of furan rings is 1. The third kappa shape index (κ3) is 0.811. The Balaban J connectivity index is 2.97. The molecule has 62 valence electrons. The van der Waals surface area contributed by atoms with Gasteiger partial charge in [0.05, 0.1) is 0 Å². The highest BCUT2D eigenvalue weighted by atomic mass is 16.3. The van der Waals surface area contributed by atoms with Crippen LogP contribution >= 0.6 is 0 Å². The summed E-state index contributed by atoms with van der Waals surface area (Å²) in [4.78, 5) is 0. The van der Waals surface area contributed by atoms with Crippen LogP contribution in [0.1, 0.15) is 11.3 Å². The molecule has 0 aliphatic rings. The lowest BCUT2D eigenvalue weighted by Gasteiger charge is -1.94. The van der Waals surface area contributed by atoms with Crippen molar-refractivity contribution >= 4 is 16.7 Å². The molecule has 0 radical (unpaired) electrons. The van der Waals surface area contributed by atoms with Crippen LogP contribution in [0.3, 0.4) is 0 Å². The predicted octanol–water partition coefficient (Wildman–Crippen LogP) is 2.63. The van der Waals surface area contributed by atoms with Gasteiger partial charge in [-0.05, 0) is 26.0 Å². The van der Waals surface area contributed by atoms with Crippen LogP contribution in [0.15, 0.2) is 22.6 Å². The van der Waals surface area contributed by atoms with Crippen molar-refractivity contribution in [3.63, 3.8) is 0 Å². The Morgan fingerprint density at radius 2 is 2.00 bits per heavy atom. The molecular formula is C10H11NO. The number of hydrogen-bond acceptors (Lipinski definition) is 2. The number of nitrogens with two attached hydrogens (primary N) is 1. The number of aryl methyl sites for hydroxylation is 2. The lowest BCUT2D eigenvalue weighted by Crippen LogP contribution is -1.85. The van der Waals surface area contributed by atoms with Crippen LogP contribution < -0.4 is 5.73 Å². The highest BCUT2D eigenvalue weighted by Crippen LogP contribution is 2.28. The van der Waals surface area contributed by atoms with Gasteiger partial charge in [-0.15, -0.1) is 0 Å². The van der Waals surface area contributed by atoms with Crippen LogP contribution in [-0.2, 0) is 0 Å². The zero-order chi connectivity index (χ0) is 8.72. The first-order valence-electron chi connectivity index (χ1n) is 3.94. The number of nitrogen functional groups attached to an aromatic ring is 1. The smallest absolute Gasteiger partial charge is 0.136 e. The van der Waals surface area contributed by atoms with Gasteiger partial charge in [-0.25, -0.2) is 0 Å². The van der Waals surface area contributed by atoms with Crippen molar-refractivity contribution in [3.05, 3.63) is 29.5 Å². The van der Waals surface area contributed by atoms with Gasteiger partial charge < -0.3 is 10.2 Å². The van der Waals surface area contributed by atoms with E-state index in [9.17, 15) is 0 Å². The number of benzene rings is 1. The Kier molecular flexibility index (Phi) is 1.37. The Morgan fingerprint density at radius 1 is 1.25 bits per heavy atom. The summed E-state index contributed by atoms with van der Waals surface area (Å²) in [6.45, 7) is 3.98. The van der Waals surface area contributed by atoms with Gasteiger partial charge in [0.25, 0.3) is 0 Å². The molecule has 1 aromatic heterocycles. The Bertz CT molecular complexity index is 429. The summed E-state index contributed by atoms with van der Waals surface area (Å²) in [5.41, 5.74) is 8.63. The zero-order valence-electron chi connectivity index (χ0n) is 7.22. The lowest BCUT2D eigenvalue weighted by atomic mass is 10.1. The van der Waals surface area contributed by atoms with Gasteiger partial charge in [0.2, 0.25) is 0 Å². The summed E-state index contributed by atoms with van der Waals surface area (Å²) in [6, 6.07) is 5.73. The van der Waals surface area contributed by atoms with Crippen LogP contribution in [-0.4, -0.2) is 0 Å². The molecule has 0 bridgehead atoms. The molecule has 0 saturated carbocycles. The highest BCUT2D eigenvalue weighted by molar-refractivity contribution is 5.92. The van der Waals surface area contributed by atoms with E-state index in [2.05, 4.69) is 0 Å². The van der Waals surface area contributed by atoms with E-state index in [1.165, 1.54) is 0 Å². The van der Waals surface area contributed by atoms with Crippen LogP contribution in [0.25, 0.3) is 11.0 Å². The standard InChI is InChI=1S/C10H11NO/c1-6-7(2)12-9-5-3-4-8(11)10(6)9/h3-5H,11H2,1-2H3. The summed E-state index contributed by atoms with van der Waals surface area (Å²) < 4.78 is 5.50. The molecule has 1 aromatic carbocycles. The first kappa shape index (κ1) is 7.22. The third-order valence-corrected chi connectivity index (χ3v) is 2.22. The number of fused-ring (bicyclic) bond motifs is 1. The maximum absolute atomic E-state index is 5.81. The molecule has 2 nitrogen and oxygen atoms in total. The highest BCUT2D eigenvalue weighted by Gasteiger charge is 2.07. The third-order valence-electron chi connectivity index (χ3n) is 2.22. The molecule has 0 fully saturated rings. The SMILES string of the molecule is Cc1oc2cccc(N)c2c1C. The maximum Gasteiger partial charge on any atom is 0.136 e. The molecular weight excluding hydrogens is 150 g/mol. The second-order valence-electron chi connectivity index (χ2n) is 3.00. The molecule has 2 N–H and O–H groups in total. The molecule has 2 rings (SSSR count). The van der Waals surface area contributed by atoms with Gasteiger partial charge in [0, 0.05) is 16.6 Å². The Labute approximate surface area is 71.0 Å². The Morgan fingerprint density at radius 3 is 2.67 bits per heavy atom. The van der Waals surface area contributed by atoms with Crippen molar-refractivity contribution in [1.82, 2.24) is 0 Å². The van der Waals surface area contributed by atoms with E-state index in [1.54, 1.807) is 0 Å². The number of rotatable bonds is 0. The molecule has 0 spiro atoms. The largest absolute Gasteiger partial charge is 0.461 e. The summed E-state index contributed by atoms with van der Waals surface area (Å²) in [5.74, 6) is 0.947. The summed E-state index contributed by atoms with van der Waals surface area (Å²) in [5, 5.41) is 1.05. The van der Waals surface area contributed by atoms with Crippen molar-refractivity contribution in [3.8, 4) is 0 Å². The predicted molar refractivity (Wildman–Crippen MR) is 50.1 cm³/mol. The molecule has 0 atom stereocenters. The van der Waals surface area contributed by atoms with E-state index in [-0.39, 0.29) is 0 Å². The van der Waals surface area contributed by atoms with Crippen molar-refractivity contribution in [2.75, 3.05) is 5.73 Å². The molecule has 12 heavy (non-hydrogen) atoms. The van der Waals surface area contributed by atoms with E-state index < -0.39 is 0 Å². The molecule has 0 aliphatic carbocycles. The monoisotopic (exact) mass is 161 g/mol. The molecule has 2 heteroatoms. The van der Waals surface area contributed by atoms with Gasteiger partial charge in [0.1, 0.15) is 11.3 Å². The maximum atomic E-state index is 5.81. The molecule has 0 unspecified atom stereocenters. The molecule has 0 aliphatic heterocycles. The average molecular weight is 161 g/mol. The van der Waals surface area contributed by atoms with Crippen molar-refractivity contribution in [2.45, 2.75) is 13.8 Å². The van der Waals surface area contributed by atoms with E-state index in [0.29, 0.717) is 0 Å². The van der Waals surface area contributed by atoms with Crippen LogP contribution in [0, 0.1) is 13.8 Å². The normalized spacial score (nSPS) is 10.8. The molecule has 0 saturated heterocycles. The van der Waals surface area contributed by atoms with Gasteiger partial charge in [-0.2, -0.15) is 0 Å². The number of hydrogen-bond donors (Lipinski definition) is 1. The summed E-state index contributed by atoms with van der Waals surface area (Å²) in [7, 11) is 0. The van der Waals surface area contributed by atoms with E-state index >= 15 is 0 Å². The summed E-state index contributed by atoms with van der Waals surface area (Å²) in [6.07, 6.45) is 0. The average Bonchev–Trinajstić information content (AvgIpc) is 2.29. The fourth-order valence-electron chi connectivity index (χ4n) is 1.45. The minimum Gasteiger partial charge on any atom is -0.461 e. The van der Waals surface area contributed by atoms with Crippen LogP contribution in [0.5, 0.6) is 0 Å². The van der Waals surface area contributed by atoms with E-state index in [0.717, 1.165) is 28.0 Å². The first-order chi connectivity index (χ1) is 5.70. The van der Waals surface area contributed by atoms with Crippen molar-refractivity contribution in [2.24, 2.45) is 0 Å². The zero-order valence-corrected chi connectivity index (χ0v) is 7.22. The summed E-state index contributed by atoms with van der Waals surface area (Å²) >= 11 is 0. The van der Waals surface area contributed by atoms with Gasteiger partial charge in [-0.1, -0.05) is 6.07 Å².